The predicted molar refractivity (Wildman–Crippen MR) is 133 cm³/mol. The maximum absolute atomic E-state index is 12.6. The van der Waals surface area contributed by atoms with Crippen LogP contribution >= 0.6 is 11.8 Å². The molecule has 1 atom stereocenters. The molecule has 172 valence electrons. The van der Waals surface area contributed by atoms with Gasteiger partial charge < -0.3 is 14.8 Å². The first-order valence-electron chi connectivity index (χ1n) is 11.5. The number of nitrogens with zero attached hydrogens (tertiary/aromatic N) is 1. The average Bonchev–Trinajstić information content (AvgIpc) is 3.38. The summed E-state index contributed by atoms with van der Waals surface area (Å²) in [5.41, 5.74) is 4.07. The van der Waals surface area contributed by atoms with Crippen molar-refractivity contribution in [2.45, 2.75) is 42.4 Å². The molecule has 0 fully saturated rings. The number of carbonyl (C=O) groups is 1. The van der Waals surface area contributed by atoms with Crippen molar-refractivity contribution in [1.82, 2.24) is 9.97 Å². The fourth-order valence-corrected chi connectivity index (χ4v) is 5.33. The number of benzene rings is 3. The Kier molecular flexibility index (Phi) is 6.67. The molecule has 0 saturated heterocycles. The lowest BCUT2D eigenvalue weighted by atomic mass is 9.87. The zero-order valence-electron chi connectivity index (χ0n) is 18.7. The van der Waals surface area contributed by atoms with Crippen LogP contribution < -0.4 is 4.74 Å². The highest BCUT2D eigenvalue weighted by Crippen LogP contribution is 2.38. The van der Waals surface area contributed by atoms with E-state index < -0.39 is 0 Å². The number of aromatic amines is 1. The van der Waals surface area contributed by atoms with E-state index in [1.54, 1.807) is 30.1 Å². The van der Waals surface area contributed by atoms with Crippen LogP contribution in [0.25, 0.3) is 0 Å². The first-order valence-corrected chi connectivity index (χ1v) is 12.5. The van der Waals surface area contributed by atoms with Crippen LogP contribution in [0.5, 0.6) is 11.5 Å². The summed E-state index contributed by atoms with van der Waals surface area (Å²) >= 11 is 1.68. The van der Waals surface area contributed by atoms with Gasteiger partial charge in [0.2, 0.25) is 0 Å². The van der Waals surface area contributed by atoms with Gasteiger partial charge in [0.25, 0.3) is 0 Å². The third-order valence-electron chi connectivity index (χ3n) is 6.11. The Balaban J connectivity index is 1.49. The van der Waals surface area contributed by atoms with Crippen LogP contribution in [0.1, 0.15) is 51.8 Å². The van der Waals surface area contributed by atoms with E-state index >= 15 is 0 Å². The van der Waals surface area contributed by atoms with Crippen molar-refractivity contribution in [3.63, 3.8) is 0 Å². The van der Waals surface area contributed by atoms with E-state index in [2.05, 4.69) is 22.1 Å². The number of thioether (sulfide) groups is 1. The quantitative estimate of drug-likeness (QED) is 0.296. The summed E-state index contributed by atoms with van der Waals surface area (Å²) in [4.78, 5) is 21.3. The normalized spacial score (nSPS) is 13.9. The van der Waals surface area contributed by atoms with E-state index in [4.69, 9.17) is 4.74 Å². The number of ketones is 1. The molecular formula is C28H26N2O3S. The molecule has 0 radical (unpaired) electrons. The van der Waals surface area contributed by atoms with Gasteiger partial charge in [0.05, 0.1) is 0 Å². The van der Waals surface area contributed by atoms with E-state index in [1.165, 1.54) is 0 Å². The first-order chi connectivity index (χ1) is 16.7. The van der Waals surface area contributed by atoms with Crippen molar-refractivity contribution in [2.24, 2.45) is 0 Å². The molecule has 0 amide bonds. The van der Waals surface area contributed by atoms with Crippen molar-refractivity contribution in [3.05, 3.63) is 107 Å². The minimum absolute atomic E-state index is 0.207. The molecular weight excluding hydrogens is 444 g/mol. The van der Waals surface area contributed by atoms with Crippen LogP contribution in [0.4, 0.5) is 0 Å². The highest BCUT2D eigenvalue weighted by atomic mass is 32.2. The number of nitrogens with one attached hydrogen (secondary N) is 1. The second-order valence-electron chi connectivity index (χ2n) is 8.38. The van der Waals surface area contributed by atoms with Crippen molar-refractivity contribution in [3.8, 4) is 11.5 Å². The number of aromatic nitrogens is 2. The van der Waals surface area contributed by atoms with Gasteiger partial charge in [-0.2, -0.15) is 0 Å². The number of carbonyl (C=O) groups excluding carboxylic acids is 1. The molecule has 0 spiro atoms. The Morgan fingerprint density at radius 3 is 2.62 bits per heavy atom. The molecule has 5 nitrogen and oxygen atoms in total. The Hall–Kier alpha value is -3.51. The van der Waals surface area contributed by atoms with E-state index in [9.17, 15) is 9.90 Å². The highest BCUT2D eigenvalue weighted by molar-refractivity contribution is 7.98. The molecule has 0 bridgehead atoms. The number of phenolic OH excluding ortho intramolecular Hbond substituents is 1. The number of hydrogen-bond donors (Lipinski definition) is 2. The number of ether oxygens (including phenoxy) is 1. The van der Waals surface area contributed by atoms with Crippen molar-refractivity contribution in [2.75, 3.05) is 0 Å². The van der Waals surface area contributed by atoms with Gasteiger partial charge in [0, 0.05) is 47.0 Å². The van der Waals surface area contributed by atoms with Crippen LogP contribution in [0.3, 0.4) is 0 Å². The minimum atomic E-state index is -0.220. The summed E-state index contributed by atoms with van der Waals surface area (Å²) in [6, 6.07) is 21.2. The summed E-state index contributed by atoms with van der Waals surface area (Å²) in [7, 11) is 0. The second-order valence-corrected chi connectivity index (χ2v) is 9.43. The molecule has 34 heavy (non-hydrogen) atoms. The summed E-state index contributed by atoms with van der Waals surface area (Å²) in [6.45, 7) is 0. The van der Waals surface area contributed by atoms with E-state index in [1.807, 2.05) is 48.7 Å². The number of hydrogen-bond acceptors (Lipinski definition) is 5. The van der Waals surface area contributed by atoms with Gasteiger partial charge in [-0.25, -0.2) is 4.98 Å². The molecule has 1 aliphatic rings. The minimum Gasteiger partial charge on any atom is -0.508 e. The van der Waals surface area contributed by atoms with Crippen LogP contribution in [-0.4, -0.2) is 20.9 Å². The van der Waals surface area contributed by atoms with Crippen LogP contribution in [0.2, 0.25) is 0 Å². The topological polar surface area (TPSA) is 75.2 Å². The Bertz CT molecular complexity index is 1260. The van der Waals surface area contributed by atoms with Gasteiger partial charge in [-0.15, -0.1) is 11.8 Å². The molecule has 2 N–H and O–H groups in total. The van der Waals surface area contributed by atoms with Gasteiger partial charge in [-0.05, 0) is 60.4 Å². The highest BCUT2D eigenvalue weighted by Gasteiger charge is 2.25. The van der Waals surface area contributed by atoms with E-state index in [0.717, 1.165) is 51.6 Å². The number of imidazole rings is 1. The van der Waals surface area contributed by atoms with Gasteiger partial charge in [-0.1, -0.05) is 30.3 Å². The van der Waals surface area contributed by atoms with Gasteiger partial charge in [0.1, 0.15) is 23.4 Å². The summed E-state index contributed by atoms with van der Waals surface area (Å²) < 4.78 is 6.69. The van der Waals surface area contributed by atoms with Crippen LogP contribution in [-0.2, 0) is 18.6 Å². The maximum Gasteiger partial charge on any atom is 0.163 e. The Morgan fingerprint density at radius 1 is 1.03 bits per heavy atom. The molecule has 4 aromatic rings. The van der Waals surface area contributed by atoms with Gasteiger partial charge >= 0.3 is 0 Å². The number of rotatable bonds is 8. The third-order valence-corrected chi connectivity index (χ3v) is 7.15. The van der Waals surface area contributed by atoms with Crippen molar-refractivity contribution in [1.29, 1.82) is 0 Å². The fourth-order valence-electron chi connectivity index (χ4n) is 4.38. The standard InChI is InChI=1S/C28H26N2O3S/c31-20-9-11-21(12-10-20)34-18-24-22-7-4-8-25(32)23(22)13-14-26(24)33-27(17-28-29-15-16-30-28)19-5-2-1-3-6-19/h1-3,5-6,9-16,27,31H,4,7-8,17-18H2,(H,29,30)/t27-/m0/s1. The van der Waals surface area contributed by atoms with Gasteiger partial charge in [0.15, 0.2) is 5.78 Å². The molecule has 0 unspecified atom stereocenters. The van der Waals surface area contributed by atoms with Crippen molar-refractivity contribution < 1.29 is 14.6 Å². The average molecular weight is 471 g/mol. The lowest BCUT2D eigenvalue weighted by molar-refractivity contribution is 0.0972. The molecule has 0 saturated carbocycles. The smallest absolute Gasteiger partial charge is 0.163 e. The lowest BCUT2D eigenvalue weighted by Gasteiger charge is -2.25. The molecule has 5 rings (SSSR count). The molecule has 1 heterocycles. The Labute approximate surface area is 203 Å². The van der Waals surface area contributed by atoms with Crippen LogP contribution in [0.15, 0.2) is 84.0 Å². The number of H-pyrrole nitrogens is 1. The maximum atomic E-state index is 12.6. The Morgan fingerprint density at radius 2 is 1.85 bits per heavy atom. The third kappa shape index (κ3) is 5.02. The monoisotopic (exact) mass is 470 g/mol. The zero-order chi connectivity index (χ0) is 23.3. The van der Waals surface area contributed by atoms with E-state index in [0.29, 0.717) is 18.6 Å². The number of aromatic hydroxyl groups is 1. The zero-order valence-corrected chi connectivity index (χ0v) is 19.6. The van der Waals surface area contributed by atoms with Gasteiger partial charge in [-0.3, -0.25) is 4.79 Å². The summed E-state index contributed by atoms with van der Waals surface area (Å²) in [6.07, 6.45) is 6.30. The fraction of sp³-hybridized carbons (Fsp3) is 0.214. The number of phenols is 1. The lowest BCUT2D eigenvalue weighted by Crippen LogP contribution is -2.16. The summed E-state index contributed by atoms with van der Waals surface area (Å²) in [5, 5.41) is 9.61. The van der Waals surface area contributed by atoms with Crippen molar-refractivity contribution >= 4 is 17.5 Å². The molecule has 6 heteroatoms. The first kappa shape index (κ1) is 22.3. The molecule has 1 aromatic heterocycles. The molecule has 0 aliphatic heterocycles. The molecule has 3 aromatic carbocycles. The molecule has 1 aliphatic carbocycles. The largest absolute Gasteiger partial charge is 0.508 e. The predicted octanol–water partition coefficient (Wildman–Crippen LogP) is 6.29. The number of Topliss-reactive ketones (excluding diaryl/α,β-unsaturated/α-hetero) is 1. The second kappa shape index (κ2) is 10.2. The summed E-state index contributed by atoms with van der Waals surface area (Å²) in [5.74, 6) is 2.81. The SMILES string of the molecule is O=C1CCCc2c1ccc(O[C@@H](Cc1ncc[nH]1)c1ccccc1)c2CSc1ccc(O)cc1. The number of fused-ring (bicyclic) bond motifs is 1. The van der Waals surface area contributed by atoms with E-state index in [-0.39, 0.29) is 17.6 Å². The van der Waals surface area contributed by atoms with Crippen LogP contribution in [0, 0.1) is 0 Å².